The summed E-state index contributed by atoms with van der Waals surface area (Å²) in [6, 6.07) is 7.36. The van der Waals surface area contributed by atoms with Crippen molar-refractivity contribution < 1.29 is 14.3 Å². The minimum absolute atomic E-state index is 0.0609. The molecule has 0 bridgehead atoms. The number of benzene rings is 1. The van der Waals surface area contributed by atoms with Crippen LogP contribution in [-0.2, 0) is 9.53 Å². The zero-order valence-corrected chi connectivity index (χ0v) is 9.18. The monoisotopic (exact) mass is 218 g/mol. The van der Waals surface area contributed by atoms with Gasteiger partial charge in [0.15, 0.2) is 0 Å². The molecule has 1 aliphatic rings. The van der Waals surface area contributed by atoms with E-state index in [4.69, 9.17) is 4.74 Å². The van der Waals surface area contributed by atoms with E-state index < -0.39 is 0 Å². The van der Waals surface area contributed by atoms with Gasteiger partial charge in [-0.25, -0.2) is 4.79 Å². The van der Waals surface area contributed by atoms with Crippen LogP contribution in [0, 0.1) is 5.92 Å². The predicted octanol–water partition coefficient (Wildman–Crippen LogP) is 2.17. The summed E-state index contributed by atoms with van der Waals surface area (Å²) in [7, 11) is 1.37. The first kappa shape index (κ1) is 10.9. The smallest absolute Gasteiger partial charge is 0.338 e. The Morgan fingerprint density at radius 2 is 2.12 bits per heavy atom. The van der Waals surface area contributed by atoms with Gasteiger partial charge in [-0.2, -0.15) is 0 Å². The fourth-order valence-corrected chi connectivity index (χ4v) is 2.19. The fraction of sp³-hybridized carbons (Fsp3) is 0.385. The number of esters is 1. The van der Waals surface area contributed by atoms with Gasteiger partial charge in [-0.05, 0) is 30.4 Å². The van der Waals surface area contributed by atoms with Crippen LogP contribution in [-0.4, -0.2) is 19.4 Å². The van der Waals surface area contributed by atoms with Crippen molar-refractivity contribution in [2.45, 2.75) is 18.8 Å². The molecule has 1 aliphatic carbocycles. The Kier molecular flexibility index (Phi) is 3.04. The van der Waals surface area contributed by atoms with Gasteiger partial charge in [0.1, 0.15) is 6.29 Å². The highest BCUT2D eigenvalue weighted by Gasteiger charge is 2.34. The molecule has 0 aliphatic heterocycles. The molecule has 1 fully saturated rings. The third-order valence-corrected chi connectivity index (χ3v) is 3.27. The summed E-state index contributed by atoms with van der Waals surface area (Å²) < 4.78 is 4.74. The Morgan fingerprint density at radius 1 is 1.38 bits per heavy atom. The molecule has 0 heterocycles. The van der Waals surface area contributed by atoms with Gasteiger partial charge in [0.05, 0.1) is 12.7 Å². The lowest BCUT2D eigenvalue weighted by molar-refractivity contribution is -0.113. The standard InChI is InChI=1S/C13H14O3/c1-16-13(15)12-5-3-2-4-11(12)10-7-6-9(10)8-14/h2-5,8-10H,6-7H2,1H3/t9-,10+/m0/s1. The lowest BCUT2D eigenvalue weighted by Crippen LogP contribution is -2.26. The second kappa shape index (κ2) is 4.47. The van der Waals surface area contributed by atoms with Crippen LogP contribution in [0.4, 0.5) is 0 Å². The third-order valence-electron chi connectivity index (χ3n) is 3.27. The van der Waals surface area contributed by atoms with Crippen LogP contribution in [0.5, 0.6) is 0 Å². The van der Waals surface area contributed by atoms with E-state index in [-0.39, 0.29) is 17.8 Å². The van der Waals surface area contributed by atoms with E-state index in [2.05, 4.69) is 0 Å². The SMILES string of the molecule is COC(=O)c1ccccc1[C@@H]1CC[C@H]1C=O. The summed E-state index contributed by atoms with van der Waals surface area (Å²) in [6.45, 7) is 0. The second-order valence-electron chi connectivity index (χ2n) is 4.06. The molecule has 0 N–H and O–H groups in total. The highest BCUT2D eigenvalue weighted by molar-refractivity contribution is 5.91. The Hall–Kier alpha value is -1.64. The van der Waals surface area contributed by atoms with Gasteiger partial charge in [-0.3, -0.25) is 0 Å². The van der Waals surface area contributed by atoms with E-state index in [9.17, 15) is 9.59 Å². The Bertz CT molecular complexity index is 411. The number of carbonyl (C=O) groups excluding carboxylic acids is 2. The van der Waals surface area contributed by atoms with Crippen molar-refractivity contribution in [1.29, 1.82) is 0 Å². The Morgan fingerprint density at radius 3 is 2.69 bits per heavy atom. The molecule has 3 heteroatoms. The van der Waals surface area contributed by atoms with Crippen LogP contribution < -0.4 is 0 Å². The maximum absolute atomic E-state index is 11.6. The second-order valence-corrected chi connectivity index (χ2v) is 4.06. The molecule has 1 aromatic carbocycles. The summed E-state index contributed by atoms with van der Waals surface area (Å²) >= 11 is 0. The molecule has 1 aromatic rings. The van der Waals surface area contributed by atoms with Gasteiger partial charge in [-0.15, -0.1) is 0 Å². The maximum atomic E-state index is 11.6. The molecular weight excluding hydrogens is 204 g/mol. The molecule has 0 radical (unpaired) electrons. The molecule has 84 valence electrons. The van der Waals surface area contributed by atoms with E-state index in [1.54, 1.807) is 6.07 Å². The molecule has 0 amide bonds. The van der Waals surface area contributed by atoms with Gasteiger partial charge < -0.3 is 9.53 Å². The van der Waals surface area contributed by atoms with Crippen LogP contribution >= 0.6 is 0 Å². The van der Waals surface area contributed by atoms with Crippen LogP contribution in [0.1, 0.15) is 34.7 Å². The van der Waals surface area contributed by atoms with E-state index >= 15 is 0 Å². The normalized spacial score (nSPS) is 23.3. The number of hydrogen-bond acceptors (Lipinski definition) is 3. The van der Waals surface area contributed by atoms with Crippen molar-refractivity contribution in [3.63, 3.8) is 0 Å². The summed E-state index contributed by atoms with van der Waals surface area (Å²) in [6.07, 6.45) is 2.88. The lowest BCUT2D eigenvalue weighted by Gasteiger charge is -2.33. The van der Waals surface area contributed by atoms with Crippen molar-refractivity contribution in [3.05, 3.63) is 35.4 Å². The van der Waals surface area contributed by atoms with E-state index in [1.807, 2.05) is 18.2 Å². The first-order valence-corrected chi connectivity index (χ1v) is 5.40. The number of aldehydes is 1. The molecule has 0 unspecified atom stereocenters. The average Bonchev–Trinajstić information content (AvgIpc) is 2.28. The highest BCUT2D eigenvalue weighted by Crippen LogP contribution is 2.42. The molecule has 0 spiro atoms. The summed E-state index contributed by atoms with van der Waals surface area (Å²) in [5, 5.41) is 0. The van der Waals surface area contributed by atoms with Gasteiger partial charge in [0, 0.05) is 5.92 Å². The number of rotatable bonds is 3. The molecule has 2 atom stereocenters. The zero-order chi connectivity index (χ0) is 11.5. The molecule has 16 heavy (non-hydrogen) atoms. The van der Waals surface area contributed by atoms with Crippen molar-refractivity contribution in [2.24, 2.45) is 5.92 Å². The number of methoxy groups -OCH3 is 1. The number of carbonyl (C=O) groups is 2. The maximum Gasteiger partial charge on any atom is 0.338 e. The molecular formula is C13H14O3. The minimum atomic E-state index is -0.327. The van der Waals surface area contributed by atoms with Gasteiger partial charge in [0.2, 0.25) is 0 Å². The Labute approximate surface area is 94.4 Å². The van der Waals surface area contributed by atoms with Gasteiger partial charge in [-0.1, -0.05) is 18.2 Å². The van der Waals surface area contributed by atoms with E-state index in [1.165, 1.54) is 7.11 Å². The molecule has 0 aromatic heterocycles. The van der Waals surface area contributed by atoms with Crippen molar-refractivity contribution >= 4 is 12.3 Å². The molecule has 0 saturated heterocycles. The van der Waals surface area contributed by atoms with Crippen molar-refractivity contribution in [3.8, 4) is 0 Å². The lowest BCUT2D eigenvalue weighted by atomic mass is 9.70. The third kappa shape index (κ3) is 1.73. The summed E-state index contributed by atoms with van der Waals surface area (Å²) in [4.78, 5) is 22.4. The van der Waals surface area contributed by atoms with E-state index in [0.29, 0.717) is 5.56 Å². The molecule has 2 rings (SSSR count). The van der Waals surface area contributed by atoms with Gasteiger partial charge >= 0.3 is 5.97 Å². The minimum Gasteiger partial charge on any atom is -0.465 e. The molecule has 1 saturated carbocycles. The molecule has 3 nitrogen and oxygen atoms in total. The Balaban J connectivity index is 2.33. The van der Waals surface area contributed by atoms with Crippen molar-refractivity contribution in [2.75, 3.05) is 7.11 Å². The van der Waals surface area contributed by atoms with Crippen LogP contribution in [0.2, 0.25) is 0 Å². The zero-order valence-electron chi connectivity index (χ0n) is 9.18. The van der Waals surface area contributed by atoms with Crippen LogP contribution in [0.15, 0.2) is 24.3 Å². The largest absolute Gasteiger partial charge is 0.465 e. The van der Waals surface area contributed by atoms with Crippen LogP contribution in [0.25, 0.3) is 0 Å². The first-order chi connectivity index (χ1) is 7.77. The number of ether oxygens (including phenoxy) is 1. The topological polar surface area (TPSA) is 43.4 Å². The average molecular weight is 218 g/mol. The van der Waals surface area contributed by atoms with Crippen molar-refractivity contribution in [1.82, 2.24) is 0 Å². The first-order valence-electron chi connectivity index (χ1n) is 5.40. The highest BCUT2D eigenvalue weighted by atomic mass is 16.5. The predicted molar refractivity (Wildman–Crippen MR) is 59.3 cm³/mol. The van der Waals surface area contributed by atoms with Gasteiger partial charge in [0.25, 0.3) is 0 Å². The summed E-state index contributed by atoms with van der Waals surface area (Å²) in [5.74, 6) is -0.0780. The number of hydrogen-bond donors (Lipinski definition) is 0. The van der Waals surface area contributed by atoms with Crippen LogP contribution in [0.3, 0.4) is 0 Å². The summed E-state index contributed by atoms with van der Waals surface area (Å²) in [5.41, 5.74) is 1.53. The quantitative estimate of drug-likeness (QED) is 0.576. The van der Waals surface area contributed by atoms with E-state index in [0.717, 1.165) is 24.7 Å². The fourth-order valence-electron chi connectivity index (χ4n) is 2.19.